The molecule has 112 valence electrons. The molecule has 0 bridgehead atoms. The molecule has 0 atom stereocenters. The zero-order valence-electron chi connectivity index (χ0n) is 12.3. The maximum Gasteiger partial charge on any atom is 0.209 e. The Bertz CT molecular complexity index is 855. The van der Waals surface area contributed by atoms with E-state index in [2.05, 4.69) is 10.2 Å². The van der Waals surface area contributed by atoms with Gasteiger partial charge in [0.25, 0.3) is 0 Å². The Morgan fingerprint density at radius 1 is 1.32 bits per heavy atom. The fourth-order valence-corrected chi connectivity index (χ4v) is 2.48. The normalized spacial score (nSPS) is 10.9. The van der Waals surface area contributed by atoms with Gasteiger partial charge < -0.3 is 9.84 Å². The Hall–Kier alpha value is -2.73. The quantitative estimate of drug-likeness (QED) is 0.750. The van der Waals surface area contributed by atoms with E-state index in [0.717, 1.165) is 22.4 Å². The number of pyridine rings is 1. The van der Waals surface area contributed by atoms with Crippen LogP contribution in [0, 0.1) is 11.8 Å². The lowest BCUT2D eigenvalue weighted by atomic mass is 10.1. The van der Waals surface area contributed by atoms with Gasteiger partial charge in [0.1, 0.15) is 17.1 Å². The van der Waals surface area contributed by atoms with Gasteiger partial charge in [-0.15, -0.1) is 4.91 Å². The molecule has 0 unspecified atom stereocenters. The van der Waals surface area contributed by atoms with Crippen LogP contribution in [0.1, 0.15) is 11.1 Å². The number of aliphatic hydroxyl groups excluding tert-OH is 1. The number of aliphatic hydroxyl groups is 1. The molecule has 0 radical (unpaired) electrons. The first-order valence-electron chi connectivity index (χ1n) is 6.78. The summed E-state index contributed by atoms with van der Waals surface area (Å²) in [5.41, 5.74) is 3.56. The summed E-state index contributed by atoms with van der Waals surface area (Å²) in [7, 11) is 1.61. The molecule has 0 aliphatic heterocycles. The van der Waals surface area contributed by atoms with E-state index in [4.69, 9.17) is 4.74 Å². The molecule has 2 heterocycles. The van der Waals surface area contributed by atoms with Gasteiger partial charge in [-0.2, -0.15) is 0 Å². The van der Waals surface area contributed by atoms with Crippen molar-refractivity contribution in [2.75, 3.05) is 7.11 Å². The minimum atomic E-state index is -0.0792. The highest BCUT2D eigenvalue weighted by atomic mass is 16.5. The van der Waals surface area contributed by atoms with Gasteiger partial charge >= 0.3 is 0 Å². The van der Waals surface area contributed by atoms with Crippen LogP contribution in [0.3, 0.4) is 0 Å². The number of aromatic nitrogens is 2. The van der Waals surface area contributed by atoms with Crippen molar-refractivity contribution in [1.82, 2.24) is 9.38 Å². The van der Waals surface area contributed by atoms with Crippen molar-refractivity contribution in [1.29, 1.82) is 0 Å². The van der Waals surface area contributed by atoms with Crippen molar-refractivity contribution in [3.63, 3.8) is 0 Å². The predicted octanol–water partition coefficient (Wildman–Crippen LogP) is 3.21. The summed E-state index contributed by atoms with van der Waals surface area (Å²) in [6.45, 7) is 1.85. The summed E-state index contributed by atoms with van der Waals surface area (Å²) >= 11 is 0. The molecule has 1 aromatic carbocycles. The highest BCUT2D eigenvalue weighted by Gasteiger charge is 2.16. The third-order valence-corrected chi connectivity index (χ3v) is 3.60. The molecule has 0 amide bonds. The molecule has 0 saturated carbocycles. The van der Waals surface area contributed by atoms with Crippen LogP contribution >= 0.6 is 0 Å². The molecule has 6 heteroatoms. The maximum atomic E-state index is 11.3. The molecule has 2 aromatic heterocycles. The van der Waals surface area contributed by atoms with Gasteiger partial charge in [0.05, 0.1) is 13.7 Å². The number of hydrogen-bond acceptors (Lipinski definition) is 5. The number of nitrogens with zero attached hydrogens (tertiary/aromatic N) is 3. The average Bonchev–Trinajstić information content (AvgIpc) is 2.92. The second kappa shape index (κ2) is 5.57. The fourth-order valence-electron chi connectivity index (χ4n) is 2.48. The van der Waals surface area contributed by atoms with E-state index in [1.807, 2.05) is 25.1 Å². The third kappa shape index (κ3) is 2.23. The zero-order valence-corrected chi connectivity index (χ0v) is 12.3. The van der Waals surface area contributed by atoms with Crippen LogP contribution in [0.15, 0.2) is 41.7 Å². The van der Waals surface area contributed by atoms with E-state index in [0.29, 0.717) is 11.3 Å². The van der Waals surface area contributed by atoms with E-state index < -0.39 is 0 Å². The SMILES string of the molecule is COc1ccc(-c2nc3cc(CO)ccn3c2N=O)cc1C. The lowest BCUT2D eigenvalue weighted by Gasteiger charge is -2.05. The molecule has 3 aromatic rings. The van der Waals surface area contributed by atoms with Crippen LogP contribution < -0.4 is 4.74 Å². The molecule has 0 fully saturated rings. The van der Waals surface area contributed by atoms with Gasteiger partial charge in [0.15, 0.2) is 0 Å². The number of aryl methyl sites for hydroxylation is 1. The van der Waals surface area contributed by atoms with Crippen LogP contribution in [-0.2, 0) is 6.61 Å². The summed E-state index contributed by atoms with van der Waals surface area (Å²) in [5, 5.41) is 12.3. The first kappa shape index (κ1) is 14.2. The summed E-state index contributed by atoms with van der Waals surface area (Å²) < 4.78 is 6.86. The smallest absolute Gasteiger partial charge is 0.209 e. The topological polar surface area (TPSA) is 76.2 Å². The van der Waals surface area contributed by atoms with Crippen LogP contribution in [0.5, 0.6) is 5.75 Å². The first-order valence-corrected chi connectivity index (χ1v) is 6.78. The average molecular weight is 297 g/mol. The van der Waals surface area contributed by atoms with Gasteiger partial charge in [0.2, 0.25) is 5.82 Å². The Morgan fingerprint density at radius 3 is 2.77 bits per heavy atom. The van der Waals surface area contributed by atoms with E-state index in [9.17, 15) is 10.0 Å². The molecule has 1 N–H and O–H groups in total. The van der Waals surface area contributed by atoms with Crippen molar-refractivity contribution < 1.29 is 9.84 Å². The molecule has 0 spiro atoms. The number of methoxy groups -OCH3 is 1. The lowest BCUT2D eigenvalue weighted by Crippen LogP contribution is -1.88. The number of fused-ring (bicyclic) bond motifs is 1. The van der Waals surface area contributed by atoms with Gasteiger partial charge in [0, 0.05) is 11.8 Å². The predicted molar refractivity (Wildman–Crippen MR) is 83.3 cm³/mol. The Morgan fingerprint density at radius 2 is 2.14 bits per heavy atom. The summed E-state index contributed by atoms with van der Waals surface area (Å²) in [5.74, 6) is 1.01. The van der Waals surface area contributed by atoms with Crippen LogP contribution in [-0.4, -0.2) is 21.6 Å². The maximum absolute atomic E-state index is 11.3. The highest BCUT2D eigenvalue weighted by molar-refractivity contribution is 5.75. The molecular formula is C16H15N3O3. The molecule has 0 aliphatic rings. The molecule has 6 nitrogen and oxygen atoms in total. The molecular weight excluding hydrogens is 282 g/mol. The highest BCUT2D eigenvalue weighted by Crippen LogP contribution is 2.33. The summed E-state index contributed by atoms with van der Waals surface area (Å²) in [6.07, 6.45) is 1.69. The van der Waals surface area contributed by atoms with Gasteiger partial charge in [-0.3, -0.25) is 4.40 Å². The van der Waals surface area contributed by atoms with Gasteiger partial charge in [-0.25, -0.2) is 4.98 Å². The summed E-state index contributed by atoms with van der Waals surface area (Å²) in [6, 6.07) is 9.04. The Labute approximate surface area is 127 Å². The van der Waals surface area contributed by atoms with Crippen molar-refractivity contribution in [2.24, 2.45) is 5.18 Å². The van der Waals surface area contributed by atoms with Gasteiger partial charge in [-0.05, 0) is 53.6 Å². The van der Waals surface area contributed by atoms with Crippen molar-refractivity contribution in [2.45, 2.75) is 13.5 Å². The summed E-state index contributed by atoms with van der Waals surface area (Å²) in [4.78, 5) is 15.7. The Kier molecular flexibility index (Phi) is 3.60. The van der Waals surface area contributed by atoms with E-state index in [1.165, 1.54) is 0 Å². The Balaban J connectivity index is 2.21. The van der Waals surface area contributed by atoms with E-state index in [1.54, 1.807) is 29.8 Å². The number of ether oxygens (including phenoxy) is 1. The molecule has 0 saturated heterocycles. The van der Waals surface area contributed by atoms with Crippen LogP contribution in [0.2, 0.25) is 0 Å². The zero-order chi connectivity index (χ0) is 15.7. The largest absolute Gasteiger partial charge is 0.496 e. The van der Waals surface area contributed by atoms with Crippen LogP contribution in [0.4, 0.5) is 5.82 Å². The van der Waals surface area contributed by atoms with Crippen molar-refractivity contribution in [3.05, 3.63) is 52.6 Å². The van der Waals surface area contributed by atoms with E-state index in [-0.39, 0.29) is 12.4 Å². The lowest BCUT2D eigenvalue weighted by molar-refractivity contribution is 0.282. The molecule has 3 rings (SSSR count). The number of hydrogen-bond donors (Lipinski definition) is 1. The van der Waals surface area contributed by atoms with Crippen LogP contribution in [0.25, 0.3) is 16.9 Å². The van der Waals surface area contributed by atoms with E-state index >= 15 is 0 Å². The standard InChI is InChI=1S/C16H15N3O3/c1-10-7-12(3-4-13(10)22-2)15-16(18-21)19-6-5-11(9-20)8-14(19)17-15/h3-8,20H,9H2,1-2H3. The minimum absolute atomic E-state index is 0.0792. The number of imidazole rings is 1. The number of nitroso groups, excluding NO2 is 1. The van der Waals surface area contributed by atoms with Gasteiger partial charge in [-0.1, -0.05) is 0 Å². The molecule has 22 heavy (non-hydrogen) atoms. The monoisotopic (exact) mass is 297 g/mol. The third-order valence-electron chi connectivity index (χ3n) is 3.60. The first-order chi connectivity index (χ1) is 10.7. The second-order valence-electron chi connectivity index (χ2n) is 4.98. The second-order valence-corrected chi connectivity index (χ2v) is 4.98. The fraction of sp³-hybridized carbons (Fsp3) is 0.188. The minimum Gasteiger partial charge on any atom is -0.496 e. The number of benzene rings is 1. The van der Waals surface area contributed by atoms with Crippen molar-refractivity contribution >= 4 is 11.5 Å². The van der Waals surface area contributed by atoms with Crippen molar-refractivity contribution in [3.8, 4) is 17.0 Å². The number of rotatable bonds is 4. The molecule has 0 aliphatic carbocycles.